The monoisotopic (exact) mass is 374 g/mol. The fourth-order valence-electron chi connectivity index (χ4n) is 7.37. The molecule has 3 aliphatic rings. The summed E-state index contributed by atoms with van der Waals surface area (Å²) in [6, 6.07) is 0. The minimum absolute atomic E-state index is 1.13. The minimum atomic E-state index is 1.13. The second-order valence-electron chi connectivity index (χ2n) is 10.6. The van der Waals surface area contributed by atoms with Crippen molar-refractivity contribution in [3.05, 3.63) is 0 Å². The topological polar surface area (TPSA) is 0 Å². The molecule has 0 amide bonds. The highest BCUT2D eigenvalue weighted by Gasteiger charge is 2.43. The third kappa shape index (κ3) is 6.78. The van der Waals surface area contributed by atoms with Crippen LogP contribution in [0.2, 0.25) is 0 Å². The number of hydrogen-bond acceptors (Lipinski definition) is 0. The summed E-state index contributed by atoms with van der Waals surface area (Å²) in [5, 5.41) is 0. The van der Waals surface area contributed by atoms with Crippen LogP contribution in [0.1, 0.15) is 142 Å². The summed E-state index contributed by atoms with van der Waals surface area (Å²) in [5.41, 5.74) is 0. The fraction of sp³-hybridized carbons (Fsp3) is 1.00. The number of rotatable bonds is 13. The van der Waals surface area contributed by atoms with Gasteiger partial charge in [-0.3, -0.25) is 0 Å². The molecule has 0 aromatic carbocycles. The van der Waals surface area contributed by atoms with E-state index in [1.54, 1.807) is 77.0 Å². The molecule has 0 bridgehead atoms. The Morgan fingerprint density at radius 1 is 0.481 bits per heavy atom. The fourth-order valence-corrected chi connectivity index (χ4v) is 7.37. The maximum absolute atomic E-state index is 2.32. The van der Waals surface area contributed by atoms with E-state index in [9.17, 15) is 0 Å². The highest BCUT2D eigenvalue weighted by Crippen LogP contribution is 2.53. The van der Waals surface area contributed by atoms with Gasteiger partial charge in [-0.15, -0.1) is 0 Å². The van der Waals surface area contributed by atoms with Gasteiger partial charge in [0.2, 0.25) is 0 Å². The Morgan fingerprint density at radius 2 is 0.889 bits per heavy atom. The van der Waals surface area contributed by atoms with E-state index >= 15 is 0 Å². The number of hydrogen-bond donors (Lipinski definition) is 0. The molecule has 3 fully saturated rings. The summed E-state index contributed by atoms with van der Waals surface area (Å²) in [4.78, 5) is 0. The molecule has 2 atom stereocenters. The Morgan fingerprint density at radius 3 is 1.33 bits per heavy atom. The molecular formula is C27H50. The second-order valence-corrected chi connectivity index (χ2v) is 10.6. The summed E-state index contributed by atoms with van der Waals surface area (Å²) in [6.45, 7) is 2.32. The summed E-state index contributed by atoms with van der Waals surface area (Å²) >= 11 is 0. The lowest BCUT2D eigenvalue weighted by Gasteiger charge is -2.32. The first-order valence-electron chi connectivity index (χ1n) is 13.4. The van der Waals surface area contributed by atoms with E-state index in [4.69, 9.17) is 0 Å². The van der Waals surface area contributed by atoms with Crippen LogP contribution in [0.4, 0.5) is 0 Å². The quantitative estimate of drug-likeness (QED) is 0.282. The van der Waals surface area contributed by atoms with Crippen LogP contribution in [-0.4, -0.2) is 0 Å². The van der Waals surface area contributed by atoms with E-state index in [1.807, 2.05) is 0 Å². The molecule has 0 heteroatoms. The van der Waals surface area contributed by atoms with Crippen LogP contribution in [0.15, 0.2) is 0 Å². The molecule has 2 unspecified atom stereocenters. The molecule has 0 spiro atoms. The zero-order chi connectivity index (χ0) is 18.7. The van der Waals surface area contributed by atoms with E-state index in [1.165, 1.54) is 57.8 Å². The summed E-state index contributed by atoms with van der Waals surface area (Å²) in [6.07, 6.45) is 32.2. The first kappa shape index (κ1) is 21.7. The van der Waals surface area contributed by atoms with Crippen molar-refractivity contribution in [3.63, 3.8) is 0 Å². The average molecular weight is 375 g/mol. The molecule has 3 aliphatic carbocycles. The van der Waals surface area contributed by atoms with Gasteiger partial charge in [-0.05, 0) is 48.9 Å². The van der Waals surface area contributed by atoms with Crippen molar-refractivity contribution in [2.24, 2.45) is 29.6 Å². The molecule has 3 rings (SSSR count). The van der Waals surface area contributed by atoms with Gasteiger partial charge in [0.15, 0.2) is 0 Å². The Kier molecular flexibility index (Phi) is 10.1. The lowest BCUT2D eigenvalue weighted by molar-refractivity contribution is 0.172. The Hall–Kier alpha value is 0. The standard InChI is InChI=1S/C27H50/c1-2-3-4-5-6-7-8-9-10-11-20-27-25(23-16-12-13-17-23)21-22-26(27)24-18-14-15-19-24/h23-27H,2-22H2,1H3. The average Bonchev–Trinajstić information content (AvgIpc) is 3.44. The van der Waals surface area contributed by atoms with Crippen molar-refractivity contribution in [2.45, 2.75) is 142 Å². The van der Waals surface area contributed by atoms with Crippen molar-refractivity contribution in [1.29, 1.82) is 0 Å². The van der Waals surface area contributed by atoms with Crippen molar-refractivity contribution in [3.8, 4) is 0 Å². The SMILES string of the molecule is CCCCCCCCCCCCC1C(C2CCCC2)CCC1C1CCCC1. The molecule has 3 saturated carbocycles. The third-order valence-corrected chi connectivity index (χ3v) is 8.83. The Bertz CT molecular complexity index is 336. The predicted molar refractivity (Wildman–Crippen MR) is 120 cm³/mol. The molecule has 0 aromatic rings. The van der Waals surface area contributed by atoms with Gasteiger partial charge in [0.05, 0.1) is 0 Å². The molecule has 0 radical (unpaired) electrons. The van der Waals surface area contributed by atoms with Crippen LogP contribution >= 0.6 is 0 Å². The van der Waals surface area contributed by atoms with E-state index < -0.39 is 0 Å². The summed E-state index contributed by atoms with van der Waals surface area (Å²) in [7, 11) is 0. The smallest absolute Gasteiger partial charge is 0.0352 e. The van der Waals surface area contributed by atoms with Crippen LogP contribution in [-0.2, 0) is 0 Å². The van der Waals surface area contributed by atoms with Gasteiger partial charge in [-0.2, -0.15) is 0 Å². The normalized spacial score (nSPS) is 29.9. The van der Waals surface area contributed by atoms with Gasteiger partial charge >= 0.3 is 0 Å². The lowest BCUT2D eigenvalue weighted by Crippen LogP contribution is -2.24. The lowest BCUT2D eigenvalue weighted by atomic mass is 9.73. The first-order valence-corrected chi connectivity index (χ1v) is 13.4. The molecule has 27 heavy (non-hydrogen) atoms. The van der Waals surface area contributed by atoms with Crippen molar-refractivity contribution >= 4 is 0 Å². The van der Waals surface area contributed by atoms with E-state index in [2.05, 4.69) is 6.92 Å². The van der Waals surface area contributed by atoms with Gasteiger partial charge in [0.25, 0.3) is 0 Å². The zero-order valence-electron chi connectivity index (χ0n) is 18.7. The van der Waals surface area contributed by atoms with Gasteiger partial charge < -0.3 is 0 Å². The van der Waals surface area contributed by atoms with Gasteiger partial charge in [-0.25, -0.2) is 0 Å². The van der Waals surface area contributed by atoms with Crippen LogP contribution in [0.3, 0.4) is 0 Å². The highest BCUT2D eigenvalue weighted by molar-refractivity contribution is 4.93. The maximum atomic E-state index is 2.32. The number of unbranched alkanes of at least 4 members (excludes halogenated alkanes) is 9. The molecule has 0 heterocycles. The first-order chi connectivity index (χ1) is 13.4. The highest BCUT2D eigenvalue weighted by atomic mass is 14.5. The molecule has 0 N–H and O–H groups in total. The van der Waals surface area contributed by atoms with Crippen LogP contribution in [0, 0.1) is 29.6 Å². The van der Waals surface area contributed by atoms with Crippen molar-refractivity contribution in [1.82, 2.24) is 0 Å². The summed E-state index contributed by atoms with van der Waals surface area (Å²) in [5.74, 6) is 5.66. The van der Waals surface area contributed by atoms with Crippen LogP contribution < -0.4 is 0 Å². The van der Waals surface area contributed by atoms with Crippen LogP contribution in [0.5, 0.6) is 0 Å². The largest absolute Gasteiger partial charge is 0.0654 e. The molecule has 0 aromatic heterocycles. The maximum Gasteiger partial charge on any atom is -0.0352 e. The van der Waals surface area contributed by atoms with E-state index in [-0.39, 0.29) is 0 Å². The van der Waals surface area contributed by atoms with Gasteiger partial charge in [0.1, 0.15) is 0 Å². The minimum Gasteiger partial charge on any atom is -0.0654 e. The second kappa shape index (κ2) is 12.5. The predicted octanol–water partition coefficient (Wildman–Crippen LogP) is 9.32. The molecule has 158 valence electrons. The van der Waals surface area contributed by atoms with Crippen molar-refractivity contribution in [2.75, 3.05) is 0 Å². The molecule has 0 aliphatic heterocycles. The van der Waals surface area contributed by atoms with Crippen LogP contribution in [0.25, 0.3) is 0 Å². The van der Waals surface area contributed by atoms with E-state index in [0.29, 0.717) is 0 Å². The third-order valence-electron chi connectivity index (χ3n) is 8.83. The van der Waals surface area contributed by atoms with Gasteiger partial charge in [0, 0.05) is 0 Å². The Labute approximate surface area is 171 Å². The van der Waals surface area contributed by atoms with Crippen molar-refractivity contribution < 1.29 is 0 Å². The molecular weight excluding hydrogens is 324 g/mol. The summed E-state index contributed by atoms with van der Waals surface area (Å²) < 4.78 is 0. The van der Waals surface area contributed by atoms with E-state index in [0.717, 1.165) is 29.6 Å². The zero-order valence-corrected chi connectivity index (χ0v) is 18.7. The molecule has 0 nitrogen and oxygen atoms in total. The molecule has 0 saturated heterocycles. The van der Waals surface area contributed by atoms with Gasteiger partial charge in [-0.1, -0.05) is 122 Å². The Balaban J connectivity index is 1.34.